The second kappa shape index (κ2) is 5.51. The SMILES string of the molecule is Cc1cccc(C(O)Cc2ccc(F)cc2)c1Cl. The van der Waals surface area contributed by atoms with Gasteiger partial charge in [-0.3, -0.25) is 0 Å². The van der Waals surface area contributed by atoms with E-state index in [9.17, 15) is 9.50 Å². The number of benzene rings is 2. The van der Waals surface area contributed by atoms with Gasteiger partial charge in [0.1, 0.15) is 5.82 Å². The Labute approximate surface area is 111 Å². The molecule has 0 aliphatic carbocycles. The molecule has 2 aromatic carbocycles. The molecule has 0 aliphatic heterocycles. The second-order valence-electron chi connectivity index (χ2n) is 4.32. The number of aliphatic hydroxyl groups excluding tert-OH is 1. The quantitative estimate of drug-likeness (QED) is 0.886. The third-order valence-corrected chi connectivity index (χ3v) is 3.44. The van der Waals surface area contributed by atoms with Gasteiger partial charge < -0.3 is 5.11 Å². The molecule has 0 amide bonds. The first kappa shape index (κ1) is 13.1. The van der Waals surface area contributed by atoms with E-state index in [0.29, 0.717) is 17.0 Å². The van der Waals surface area contributed by atoms with Crippen molar-refractivity contribution in [3.05, 3.63) is 70.0 Å². The van der Waals surface area contributed by atoms with Crippen LogP contribution in [0.1, 0.15) is 22.8 Å². The summed E-state index contributed by atoms with van der Waals surface area (Å²) < 4.78 is 12.8. The van der Waals surface area contributed by atoms with Crippen molar-refractivity contribution in [2.75, 3.05) is 0 Å². The second-order valence-corrected chi connectivity index (χ2v) is 4.70. The van der Waals surface area contributed by atoms with E-state index >= 15 is 0 Å². The molecule has 0 saturated heterocycles. The Morgan fingerprint density at radius 2 is 1.83 bits per heavy atom. The van der Waals surface area contributed by atoms with Crippen molar-refractivity contribution in [2.45, 2.75) is 19.4 Å². The third-order valence-electron chi connectivity index (χ3n) is 2.92. The maximum atomic E-state index is 12.8. The van der Waals surface area contributed by atoms with Crippen LogP contribution in [0.15, 0.2) is 42.5 Å². The van der Waals surface area contributed by atoms with Crippen molar-refractivity contribution >= 4 is 11.6 Å². The number of hydrogen-bond donors (Lipinski definition) is 1. The van der Waals surface area contributed by atoms with Crippen LogP contribution in [0, 0.1) is 12.7 Å². The average molecular weight is 265 g/mol. The molecule has 0 fully saturated rings. The number of halogens is 2. The van der Waals surface area contributed by atoms with Gasteiger partial charge in [-0.25, -0.2) is 4.39 Å². The van der Waals surface area contributed by atoms with Crippen molar-refractivity contribution < 1.29 is 9.50 Å². The topological polar surface area (TPSA) is 20.2 Å². The van der Waals surface area contributed by atoms with Crippen LogP contribution in [0.25, 0.3) is 0 Å². The van der Waals surface area contributed by atoms with Crippen LogP contribution in [-0.4, -0.2) is 5.11 Å². The predicted molar refractivity (Wildman–Crippen MR) is 71.3 cm³/mol. The molecule has 0 aliphatic rings. The van der Waals surface area contributed by atoms with Gasteiger partial charge in [0, 0.05) is 11.4 Å². The number of rotatable bonds is 3. The Balaban J connectivity index is 2.19. The Morgan fingerprint density at radius 1 is 1.17 bits per heavy atom. The number of aryl methyl sites for hydroxylation is 1. The van der Waals surface area contributed by atoms with Crippen LogP contribution in [0.5, 0.6) is 0 Å². The first-order valence-corrected chi connectivity index (χ1v) is 6.13. The van der Waals surface area contributed by atoms with E-state index in [2.05, 4.69) is 0 Å². The molecule has 2 rings (SSSR count). The molecule has 0 bridgehead atoms. The smallest absolute Gasteiger partial charge is 0.123 e. The van der Waals surface area contributed by atoms with Gasteiger partial charge in [0.05, 0.1) is 6.10 Å². The van der Waals surface area contributed by atoms with E-state index < -0.39 is 6.10 Å². The van der Waals surface area contributed by atoms with Crippen molar-refractivity contribution in [1.29, 1.82) is 0 Å². The van der Waals surface area contributed by atoms with Gasteiger partial charge in [-0.1, -0.05) is 41.9 Å². The van der Waals surface area contributed by atoms with Gasteiger partial charge in [0.2, 0.25) is 0 Å². The zero-order valence-corrected chi connectivity index (χ0v) is 10.8. The molecule has 0 aromatic heterocycles. The number of hydrogen-bond acceptors (Lipinski definition) is 1. The molecule has 0 heterocycles. The Bertz CT molecular complexity index is 537. The van der Waals surface area contributed by atoms with Gasteiger partial charge in [-0.15, -0.1) is 0 Å². The van der Waals surface area contributed by atoms with E-state index in [1.807, 2.05) is 25.1 Å². The summed E-state index contributed by atoms with van der Waals surface area (Å²) in [7, 11) is 0. The van der Waals surface area contributed by atoms with E-state index in [0.717, 1.165) is 11.1 Å². The lowest BCUT2D eigenvalue weighted by Crippen LogP contribution is -2.03. The highest BCUT2D eigenvalue weighted by atomic mass is 35.5. The highest BCUT2D eigenvalue weighted by Crippen LogP contribution is 2.28. The van der Waals surface area contributed by atoms with Crippen LogP contribution in [0.3, 0.4) is 0 Å². The van der Waals surface area contributed by atoms with E-state index in [-0.39, 0.29) is 5.82 Å². The molecule has 18 heavy (non-hydrogen) atoms. The van der Waals surface area contributed by atoms with Gasteiger partial charge >= 0.3 is 0 Å². The monoisotopic (exact) mass is 264 g/mol. The highest BCUT2D eigenvalue weighted by molar-refractivity contribution is 6.32. The lowest BCUT2D eigenvalue weighted by Gasteiger charge is -2.14. The fourth-order valence-electron chi connectivity index (χ4n) is 1.88. The Hall–Kier alpha value is -1.38. The molecular weight excluding hydrogens is 251 g/mol. The minimum absolute atomic E-state index is 0.276. The zero-order valence-electron chi connectivity index (χ0n) is 10.0. The van der Waals surface area contributed by atoms with Crippen LogP contribution >= 0.6 is 11.6 Å². The van der Waals surface area contributed by atoms with Gasteiger partial charge in [0.25, 0.3) is 0 Å². The largest absolute Gasteiger partial charge is 0.388 e. The predicted octanol–water partition coefficient (Wildman–Crippen LogP) is 4.06. The Kier molecular flexibility index (Phi) is 4.00. The van der Waals surface area contributed by atoms with Crippen LogP contribution < -0.4 is 0 Å². The molecule has 94 valence electrons. The van der Waals surface area contributed by atoms with E-state index in [1.165, 1.54) is 12.1 Å². The highest BCUT2D eigenvalue weighted by Gasteiger charge is 2.13. The van der Waals surface area contributed by atoms with Crippen molar-refractivity contribution in [3.8, 4) is 0 Å². The van der Waals surface area contributed by atoms with Gasteiger partial charge in [0.15, 0.2) is 0 Å². The summed E-state index contributed by atoms with van der Waals surface area (Å²) >= 11 is 6.16. The minimum atomic E-state index is -0.678. The standard InChI is InChI=1S/C15H14ClFO/c1-10-3-2-4-13(15(10)16)14(18)9-11-5-7-12(17)8-6-11/h2-8,14,18H,9H2,1H3. The van der Waals surface area contributed by atoms with Crippen LogP contribution in [0.4, 0.5) is 4.39 Å². The normalized spacial score (nSPS) is 12.4. The van der Waals surface area contributed by atoms with Gasteiger partial charge in [-0.2, -0.15) is 0 Å². The zero-order chi connectivity index (χ0) is 13.1. The summed E-state index contributed by atoms with van der Waals surface area (Å²) in [5.41, 5.74) is 2.52. The third kappa shape index (κ3) is 2.89. The number of aliphatic hydroxyl groups is 1. The summed E-state index contributed by atoms with van der Waals surface area (Å²) in [6.07, 6.45) is -0.258. The summed E-state index contributed by atoms with van der Waals surface area (Å²) in [4.78, 5) is 0. The molecule has 1 atom stereocenters. The van der Waals surface area contributed by atoms with Crippen LogP contribution in [-0.2, 0) is 6.42 Å². The lowest BCUT2D eigenvalue weighted by molar-refractivity contribution is 0.178. The fourth-order valence-corrected chi connectivity index (χ4v) is 2.13. The van der Waals surface area contributed by atoms with Crippen LogP contribution in [0.2, 0.25) is 5.02 Å². The first-order chi connectivity index (χ1) is 8.58. The van der Waals surface area contributed by atoms with Crippen molar-refractivity contribution in [2.24, 2.45) is 0 Å². The molecule has 1 nitrogen and oxygen atoms in total. The van der Waals surface area contributed by atoms with E-state index in [4.69, 9.17) is 11.6 Å². The minimum Gasteiger partial charge on any atom is -0.388 e. The molecule has 0 radical (unpaired) electrons. The summed E-state index contributed by atoms with van der Waals surface area (Å²) in [5.74, 6) is -0.276. The molecule has 3 heteroatoms. The summed E-state index contributed by atoms with van der Waals surface area (Å²) in [6, 6.07) is 11.7. The molecule has 0 spiro atoms. The van der Waals surface area contributed by atoms with Crippen molar-refractivity contribution in [1.82, 2.24) is 0 Å². The summed E-state index contributed by atoms with van der Waals surface area (Å²) in [6.45, 7) is 1.90. The summed E-state index contributed by atoms with van der Waals surface area (Å²) in [5, 5.41) is 10.8. The van der Waals surface area contributed by atoms with Gasteiger partial charge in [-0.05, 0) is 35.7 Å². The van der Waals surface area contributed by atoms with E-state index in [1.54, 1.807) is 12.1 Å². The molecular formula is C15H14ClFO. The fraction of sp³-hybridized carbons (Fsp3) is 0.200. The molecule has 0 saturated carbocycles. The Morgan fingerprint density at radius 3 is 2.50 bits per heavy atom. The molecule has 1 N–H and O–H groups in total. The molecule has 1 unspecified atom stereocenters. The maximum absolute atomic E-state index is 12.8. The lowest BCUT2D eigenvalue weighted by atomic mass is 10.00. The first-order valence-electron chi connectivity index (χ1n) is 5.75. The molecule has 2 aromatic rings. The maximum Gasteiger partial charge on any atom is 0.123 e. The van der Waals surface area contributed by atoms with Crippen molar-refractivity contribution in [3.63, 3.8) is 0 Å². The average Bonchev–Trinajstić information content (AvgIpc) is 2.35.